The first-order valence-corrected chi connectivity index (χ1v) is 7.71. The SMILES string of the molecule is O=C(C1CC[CH]CC1)N1CCS(=O)(=O)CC1. The molecule has 0 bridgehead atoms. The molecule has 1 saturated heterocycles. The molecule has 1 aliphatic heterocycles. The lowest BCUT2D eigenvalue weighted by Crippen LogP contribution is -2.46. The van der Waals surface area contributed by atoms with Gasteiger partial charge >= 0.3 is 0 Å². The fourth-order valence-electron chi connectivity index (χ4n) is 2.36. The first-order valence-electron chi connectivity index (χ1n) is 5.89. The molecule has 2 rings (SSSR count). The summed E-state index contributed by atoms with van der Waals surface area (Å²) in [6.45, 7) is 0.781. The topological polar surface area (TPSA) is 54.5 Å². The molecular weight excluding hydrogens is 226 g/mol. The molecule has 0 unspecified atom stereocenters. The number of nitrogens with zero attached hydrogens (tertiary/aromatic N) is 1. The fraction of sp³-hybridized carbons (Fsp3) is 0.818. The van der Waals surface area contributed by atoms with Crippen LogP contribution in [0.2, 0.25) is 0 Å². The van der Waals surface area contributed by atoms with Gasteiger partial charge in [-0.3, -0.25) is 4.79 Å². The van der Waals surface area contributed by atoms with Gasteiger partial charge in [-0.15, -0.1) is 0 Å². The summed E-state index contributed by atoms with van der Waals surface area (Å²) in [5.74, 6) is 0.573. The molecule has 0 N–H and O–H groups in total. The molecule has 2 aliphatic rings. The third-order valence-electron chi connectivity index (χ3n) is 3.44. The lowest BCUT2D eigenvalue weighted by molar-refractivity contribution is -0.135. The molecular formula is C11H18NO3S. The predicted molar refractivity (Wildman–Crippen MR) is 61.5 cm³/mol. The maximum atomic E-state index is 12.1. The van der Waals surface area contributed by atoms with Crippen LogP contribution in [0.15, 0.2) is 0 Å². The molecule has 1 amide bonds. The monoisotopic (exact) mass is 244 g/mol. The Bertz CT molecular complexity index is 343. The third kappa shape index (κ3) is 2.75. The van der Waals surface area contributed by atoms with Gasteiger partial charge in [0.15, 0.2) is 9.84 Å². The Morgan fingerprint density at radius 2 is 1.69 bits per heavy atom. The molecule has 5 heteroatoms. The second-order valence-electron chi connectivity index (χ2n) is 4.62. The van der Waals surface area contributed by atoms with Crippen molar-refractivity contribution in [2.45, 2.75) is 25.7 Å². The normalized spacial score (nSPS) is 26.6. The molecule has 1 saturated carbocycles. The van der Waals surface area contributed by atoms with E-state index in [-0.39, 0.29) is 23.3 Å². The number of sulfone groups is 1. The van der Waals surface area contributed by atoms with Crippen LogP contribution in [0.1, 0.15) is 25.7 Å². The van der Waals surface area contributed by atoms with Crippen molar-refractivity contribution in [2.75, 3.05) is 24.6 Å². The van der Waals surface area contributed by atoms with Gasteiger partial charge in [-0.2, -0.15) is 0 Å². The second kappa shape index (κ2) is 4.73. The van der Waals surface area contributed by atoms with Crippen molar-refractivity contribution in [1.29, 1.82) is 0 Å². The number of carbonyl (C=O) groups is 1. The molecule has 16 heavy (non-hydrogen) atoms. The first kappa shape index (κ1) is 11.9. The van der Waals surface area contributed by atoms with E-state index in [2.05, 4.69) is 6.42 Å². The van der Waals surface area contributed by atoms with Gasteiger partial charge in [-0.1, -0.05) is 0 Å². The van der Waals surface area contributed by atoms with Crippen molar-refractivity contribution >= 4 is 15.7 Å². The van der Waals surface area contributed by atoms with Crippen LogP contribution < -0.4 is 0 Å². The smallest absolute Gasteiger partial charge is 0.225 e. The van der Waals surface area contributed by atoms with Gasteiger partial charge in [0.25, 0.3) is 0 Å². The molecule has 91 valence electrons. The van der Waals surface area contributed by atoms with Crippen LogP contribution in [-0.2, 0) is 14.6 Å². The van der Waals surface area contributed by atoms with Gasteiger partial charge in [-0.25, -0.2) is 8.42 Å². The Kier molecular flexibility index (Phi) is 3.52. The van der Waals surface area contributed by atoms with E-state index in [9.17, 15) is 13.2 Å². The maximum Gasteiger partial charge on any atom is 0.225 e. The largest absolute Gasteiger partial charge is 0.340 e. The van der Waals surface area contributed by atoms with Crippen LogP contribution >= 0.6 is 0 Å². The van der Waals surface area contributed by atoms with Gasteiger partial charge < -0.3 is 4.90 Å². The Labute approximate surface area is 96.9 Å². The molecule has 4 nitrogen and oxygen atoms in total. The standard InChI is InChI=1S/C11H18NO3S/c13-11(10-4-2-1-3-5-10)12-6-8-16(14,15)9-7-12/h1,10H,2-9H2. The highest BCUT2D eigenvalue weighted by Crippen LogP contribution is 2.25. The minimum atomic E-state index is -2.88. The van der Waals surface area contributed by atoms with Crippen molar-refractivity contribution in [3.63, 3.8) is 0 Å². The fourth-order valence-corrected chi connectivity index (χ4v) is 3.57. The molecule has 1 radical (unpaired) electrons. The van der Waals surface area contributed by atoms with Gasteiger partial charge in [0.2, 0.25) is 5.91 Å². The van der Waals surface area contributed by atoms with Crippen LogP contribution in [0.5, 0.6) is 0 Å². The van der Waals surface area contributed by atoms with Crippen molar-refractivity contribution in [3.8, 4) is 0 Å². The van der Waals surface area contributed by atoms with Gasteiger partial charge in [0, 0.05) is 19.0 Å². The highest BCUT2D eigenvalue weighted by molar-refractivity contribution is 7.91. The van der Waals surface area contributed by atoms with E-state index in [4.69, 9.17) is 0 Å². The van der Waals surface area contributed by atoms with Crippen molar-refractivity contribution in [1.82, 2.24) is 4.90 Å². The highest BCUT2D eigenvalue weighted by atomic mass is 32.2. The van der Waals surface area contributed by atoms with Crippen molar-refractivity contribution in [2.24, 2.45) is 5.92 Å². The number of hydrogen-bond acceptors (Lipinski definition) is 3. The summed E-state index contributed by atoms with van der Waals surface area (Å²) in [7, 11) is -2.88. The van der Waals surface area contributed by atoms with E-state index in [1.807, 2.05) is 0 Å². The number of carbonyl (C=O) groups excluding carboxylic acids is 1. The van der Waals surface area contributed by atoms with Gasteiger partial charge in [0.05, 0.1) is 11.5 Å². The number of hydrogen-bond donors (Lipinski definition) is 0. The summed E-state index contributed by atoms with van der Waals surface area (Å²) in [5.41, 5.74) is 0. The Hall–Kier alpha value is -0.580. The summed E-state index contributed by atoms with van der Waals surface area (Å²) in [6.07, 6.45) is 6.12. The number of rotatable bonds is 1. The average Bonchev–Trinajstić information content (AvgIpc) is 2.29. The zero-order chi connectivity index (χ0) is 11.6. The molecule has 2 fully saturated rings. The summed E-state index contributed by atoms with van der Waals surface area (Å²) in [4.78, 5) is 13.8. The Balaban J connectivity index is 1.90. The van der Waals surface area contributed by atoms with Crippen LogP contribution in [-0.4, -0.2) is 43.8 Å². The first-order chi connectivity index (χ1) is 7.58. The van der Waals surface area contributed by atoms with Crippen LogP contribution in [0, 0.1) is 12.3 Å². The van der Waals surface area contributed by atoms with E-state index >= 15 is 0 Å². The molecule has 1 aliphatic carbocycles. The van der Waals surface area contributed by atoms with E-state index in [1.165, 1.54) is 0 Å². The molecule has 1 heterocycles. The van der Waals surface area contributed by atoms with Crippen LogP contribution in [0.25, 0.3) is 0 Å². The maximum absolute atomic E-state index is 12.1. The second-order valence-corrected chi connectivity index (χ2v) is 6.92. The molecule has 0 aromatic rings. The summed E-state index contributed by atoms with van der Waals surface area (Å²) in [5, 5.41) is 0. The van der Waals surface area contributed by atoms with Gasteiger partial charge in [0.1, 0.15) is 0 Å². The summed E-state index contributed by atoms with van der Waals surface area (Å²) in [6, 6.07) is 0. The Morgan fingerprint density at radius 3 is 2.25 bits per heavy atom. The predicted octanol–water partition coefficient (Wildman–Crippen LogP) is 0.638. The lowest BCUT2D eigenvalue weighted by atomic mass is 9.88. The molecule has 0 aromatic carbocycles. The Morgan fingerprint density at radius 1 is 1.12 bits per heavy atom. The third-order valence-corrected chi connectivity index (χ3v) is 5.05. The lowest BCUT2D eigenvalue weighted by Gasteiger charge is -2.31. The molecule has 0 atom stereocenters. The van der Waals surface area contributed by atoms with Crippen LogP contribution in [0.4, 0.5) is 0 Å². The highest BCUT2D eigenvalue weighted by Gasteiger charge is 2.30. The summed E-state index contributed by atoms with van der Waals surface area (Å²) < 4.78 is 22.5. The van der Waals surface area contributed by atoms with Crippen molar-refractivity contribution in [3.05, 3.63) is 6.42 Å². The van der Waals surface area contributed by atoms with E-state index in [0.717, 1.165) is 25.7 Å². The zero-order valence-corrected chi connectivity index (χ0v) is 10.2. The zero-order valence-electron chi connectivity index (χ0n) is 9.39. The molecule has 0 spiro atoms. The van der Waals surface area contributed by atoms with E-state index in [1.54, 1.807) is 4.90 Å². The minimum absolute atomic E-state index is 0.130. The number of amides is 1. The van der Waals surface area contributed by atoms with E-state index in [0.29, 0.717) is 13.1 Å². The average molecular weight is 244 g/mol. The van der Waals surface area contributed by atoms with Crippen LogP contribution in [0.3, 0.4) is 0 Å². The minimum Gasteiger partial charge on any atom is -0.340 e. The van der Waals surface area contributed by atoms with Crippen molar-refractivity contribution < 1.29 is 13.2 Å². The molecule has 0 aromatic heterocycles. The summed E-state index contributed by atoms with van der Waals surface area (Å²) >= 11 is 0. The quantitative estimate of drug-likeness (QED) is 0.680. The van der Waals surface area contributed by atoms with E-state index < -0.39 is 9.84 Å². The van der Waals surface area contributed by atoms with Gasteiger partial charge in [-0.05, 0) is 32.1 Å².